The fraction of sp³-hybridized carbons (Fsp3) is 0.250. The molecule has 2 aromatic heterocycles. The van der Waals surface area contributed by atoms with Gasteiger partial charge in [0.05, 0.1) is 22.7 Å². The average Bonchev–Trinajstić information content (AvgIpc) is 3.00. The van der Waals surface area contributed by atoms with Crippen molar-refractivity contribution < 1.29 is 0 Å². The van der Waals surface area contributed by atoms with Gasteiger partial charge >= 0.3 is 0 Å². The number of imidazole rings is 1. The van der Waals surface area contributed by atoms with Gasteiger partial charge in [0, 0.05) is 22.2 Å². The van der Waals surface area contributed by atoms with Crippen LogP contribution in [-0.4, -0.2) is 9.55 Å². The molecular formula is C16H15N3S2. The van der Waals surface area contributed by atoms with Crippen molar-refractivity contribution in [2.24, 2.45) is 0 Å². The summed E-state index contributed by atoms with van der Waals surface area (Å²) < 4.78 is 2.82. The summed E-state index contributed by atoms with van der Waals surface area (Å²) in [5, 5.41) is 9.08. The van der Waals surface area contributed by atoms with E-state index in [2.05, 4.69) is 41.6 Å². The molecular weight excluding hydrogens is 298 g/mol. The Bertz CT molecular complexity index is 892. The van der Waals surface area contributed by atoms with E-state index in [-0.39, 0.29) is 6.04 Å². The van der Waals surface area contributed by atoms with Crippen molar-refractivity contribution in [3.05, 3.63) is 50.4 Å². The minimum absolute atomic E-state index is 0.248. The zero-order valence-corrected chi connectivity index (χ0v) is 13.5. The number of H-pyrrole nitrogens is 1. The molecule has 0 radical (unpaired) electrons. The Morgan fingerprint density at radius 1 is 1.38 bits per heavy atom. The van der Waals surface area contributed by atoms with Gasteiger partial charge in [0.2, 0.25) is 0 Å². The normalized spacial score (nSPS) is 12.4. The molecule has 0 aliphatic carbocycles. The molecule has 0 spiro atoms. The highest BCUT2D eigenvalue weighted by atomic mass is 32.1. The zero-order chi connectivity index (χ0) is 15.0. The van der Waals surface area contributed by atoms with Crippen molar-refractivity contribution in [1.82, 2.24) is 9.55 Å². The monoisotopic (exact) mass is 313 g/mol. The molecule has 1 unspecified atom stereocenters. The lowest BCUT2D eigenvalue weighted by atomic mass is 10.1. The number of benzene rings is 1. The summed E-state index contributed by atoms with van der Waals surface area (Å²) in [5.74, 6) is 0. The van der Waals surface area contributed by atoms with Gasteiger partial charge in [-0.25, -0.2) is 0 Å². The number of rotatable bonds is 3. The molecule has 0 aliphatic rings. The first kappa shape index (κ1) is 14.1. The number of fused-ring (bicyclic) bond motifs is 1. The summed E-state index contributed by atoms with van der Waals surface area (Å²) in [7, 11) is 0. The van der Waals surface area contributed by atoms with E-state index in [0.717, 1.165) is 17.5 Å². The third kappa shape index (κ3) is 2.65. The number of hydrogen-bond donors (Lipinski definition) is 1. The quantitative estimate of drug-likeness (QED) is 0.710. The average molecular weight is 313 g/mol. The number of aryl methyl sites for hydroxylation is 1. The molecule has 1 atom stereocenters. The number of nitrogens with one attached hydrogen (secondary N) is 1. The van der Waals surface area contributed by atoms with E-state index in [1.165, 1.54) is 9.75 Å². The fourth-order valence-electron chi connectivity index (χ4n) is 2.61. The van der Waals surface area contributed by atoms with Crippen LogP contribution in [0.4, 0.5) is 0 Å². The summed E-state index contributed by atoms with van der Waals surface area (Å²) in [5.41, 5.74) is 2.64. The molecule has 3 aromatic rings. The Morgan fingerprint density at radius 2 is 2.19 bits per heavy atom. The second kappa shape index (κ2) is 5.47. The fourth-order valence-corrected chi connectivity index (χ4v) is 4.00. The lowest BCUT2D eigenvalue weighted by molar-refractivity contribution is 0.557. The summed E-state index contributed by atoms with van der Waals surface area (Å²) in [6, 6.07) is 12.4. The van der Waals surface area contributed by atoms with Gasteiger partial charge in [-0.2, -0.15) is 5.26 Å². The Kier molecular flexibility index (Phi) is 3.66. The van der Waals surface area contributed by atoms with Gasteiger partial charge < -0.3 is 9.55 Å². The highest BCUT2D eigenvalue weighted by Crippen LogP contribution is 2.25. The van der Waals surface area contributed by atoms with Crippen LogP contribution >= 0.6 is 23.6 Å². The Balaban J connectivity index is 2.04. The molecule has 0 bridgehead atoms. The van der Waals surface area contributed by atoms with Gasteiger partial charge in [-0.1, -0.05) is 0 Å². The van der Waals surface area contributed by atoms with Crippen LogP contribution in [0, 0.1) is 23.0 Å². The second-order valence-corrected chi connectivity index (χ2v) is 6.97. The maximum atomic E-state index is 9.08. The Morgan fingerprint density at radius 3 is 2.86 bits per heavy atom. The van der Waals surface area contributed by atoms with Crippen LogP contribution < -0.4 is 0 Å². The van der Waals surface area contributed by atoms with Crippen LogP contribution in [0.2, 0.25) is 0 Å². The molecule has 3 rings (SSSR count). The van der Waals surface area contributed by atoms with Crippen molar-refractivity contribution in [2.45, 2.75) is 26.3 Å². The first-order valence-corrected chi connectivity index (χ1v) is 8.00. The first-order chi connectivity index (χ1) is 10.1. The van der Waals surface area contributed by atoms with Crippen LogP contribution in [0.1, 0.15) is 28.3 Å². The van der Waals surface area contributed by atoms with Crippen LogP contribution in [0.5, 0.6) is 0 Å². The van der Waals surface area contributed by atoms with E-state index >= 15 is 0 Å². The van der Waals surface area contributed by atoms with Gasteiger partial charge in [-0.3, -0.25) is 0 Å². The molecule has 5 heteroatoms. The van der Waals surface area contributed by atoms with Gasteiger partial charge in [-0.05, 0) is 56.4 Å². The number of aromatic amines is 1. The van der Waals surface area contributed by atoms with Gasteiger partial charge in [0.25, 0.3) is 0 Å². The number of nitriles is 1. The molecule has 21 heavy (non-hydrogen) atoms. The molecule has 1 N–H and O–H groups in total. The third-order valence-corrected chi connectivity index (χ3v) is 4.90. The second-order valence-electron chi connectivity index (χ2n) is 5.21. The molecule has 2 heterocycles. The summed E-state index contributed by atoms with van der Waals surface area (Å²) in [6.07, 6.45) is 0.941. The van der Waals surface area contributed by atoms with Crippen molar-refractivity contribution in [3.8, 4) is 6.07 Å². The van der Waals surface area contributed by atoms with E-state index in [1.807, 2.05) is 29.5 Å². The molecule has 0 saturated carbocycles. The zero-order valence-electron chi connectivity index (χ0n) is 11.9. The van der Waals surface area contributed by atoms with E-state index in [9.17, 15) is 0 Å². The minimum Gasteiger partial charge on any atom is -0.331 e. The maximum Gasteiger partial charge on any atom is 0.178 e. The van der Waals surface area contributed by atoms with Crippen LogP contribution in [0.3, 0.4) is 0 Å². The van der Waals surface area contributed by atoms with Crippen LogP contribution in [0.15, 0.2) is 30.3 Å². The molecule has 0 aliphatic heterocycles. The van der Waals surface area contributed by atoms with E-state index in [0.29, 0.717) is 10.3 Å². The standard InChI is InChI=1S/C16H15N3S2/c1-10(7-13-5-3-11(2)21-13)19-15-8-12(9-17)4-6-14(15)18-16(19)20/h3-6,8,10H,7H2,1-2H3,(H,18,20). The van der Waals surface area contributed by atoms with Crippen molar-refractivity contribution >= 4 is 34.6 Å². The van der Waals surface area contributed by atoms with E-state index < -0.39 is 0 Å². The minimum atomic E-state index is 0.248. The molecule has 0 saturated heterocycles. The Labute approximate surface area is 132 Å². The maximum absolute atomic E-state index is 9.08. The van der Waals surface area contributed by atoms with Gasteiger partial charge in [-0.15, -0.1) is 11.3 Å². The lowest BCUT2D eigenvalue weighted by Crippen LogP contribution is -2.07. The number of thiophene rings is 1. The SMILES string of the molecule is Cc1ccc(CC(C)n2c(=S)[nH]c3ccc(C#N)cc32)s1. The highest BCUT2D eigenvalue weighted by Gasteiger charge is 2.13. The lowest BCUT2D eigenvalue weighted by Gasteiger charge is -2.13. The highest BCUT2D eigenvalue weighted by molar-refractivity contribution is 7.71. The smallest absolute Gasteiger partial charge is 0.178 e. The topological polar surface area (TPSA) is 44.5 Å². The van der Waals surface area contributed by atoms with Gasteiger partial charge in [0.15, 0.2) is 4.77 Å². The molecule has 3 nitrogen and oxygen atoms in total. The van der Waals surface area contributed by atoms with Crippen molar-refractivity contribution in [2.75, 3.05) is 0 Å². The Hall–Kier alpha value is -1.90. The predicted molar refractivity (Wildman–Crippen MR) is 89.3 cm³/mol. The summed E-state index contributed by atoms with van der Waals surface area (Å²) >= 11 is 7.28. The predicted octanol–water partition coefficient (Wildman–Crippen LogP) is 4.74. The molecule has 0 fully saturated rings. The van der Waals surface area contributed by atoms with E-state index in [1.54, 1.807) is 0 Å². The molecule has 0 amide bonds. The van der Waals surface area contributed by atoms with Crippen LogP contribution in [-0.2, 0) is 6.42 Å². The third-order valence-electron chi connectivity index (χ3n) is 3.58. The largest absolute Gasteiger partial charge is 0.331 e. The molecule has 1 aromatic carbocycles. The van der Waals surface area contributed by atoms with Gasteiger partial charge in [0.1, 0.15) is 0 Å². The number of nitrogens with zero attached hydrogens (tertiary/aromatic N) is 2. The summed E-state index contributed by atoms with van der Waals surface area (Å²) in [6.45, 7) is 4.28. The van der Waals surface area contributed by atoms with Crippen molar-refractivity contribution in [3.63, 3.8) is 0 Å². The first-order valence-electron chi connectivity index (χ1n) is 6.78. The van der Waals surface area contributed by atoms with Crippen LogP contribution in [0.25, 0.3) is 11.0 Å². The number of aromatic nitrogens is 2. The summed E-state index contributed by atoms with van der Waals surface area (Å²) in [4.78, 5) is 5.90. The molecule has 106 valence electrons. The van der Waals surface area contributed by atoms with E-state index in [4.69, 9.17) is 17.5 Å². The van der Waals surface area contributed by atoms with Crippen molar-refractivity contribution in [1.29, 1.82) is 5.26 Å². The number of hydrogen-bond acceptors (Lipinski definition) is 3.